The Morgan fingerprint density at radius 1 is 1.16 bits per heavy atom. The fourth-order valence-corrected chi connectivity index (χ4v) is 2.72. The summed E-state index contributed by atoms with van der Waals surface area (Å²) in [5.74, 6) is 0.842. The second kappa shape index (κ2) is 4.84. The van der Waals surface area contributed by atoms with Crippen LogP contribution in [0.15, 0.2) is 35.4 Å². The summed E-state index contributed by atoms with van der Waals surface area (Å²) in [6, 6.07) is 8.65. The summed E-state index contributed by atoms with van der Waals surface area (Å²) in [5.41, 5.74) is 5.28. The minimum absolute atomic E-state index is 0.383. The molecular weight excluding hydrogens is 234 g/mol. The van der Waals surface area contributed by atoms with Gasteiger partial charge in [0.05, 0.1) is 0 Å². The molecule has 1 aromatic rings. The lowest BCUT2D eigenvalue weighted by atomic mass is 10.0. The molecule has 0 N–H and O–H groups in total. The van der Waals surface area contributed by atoms with Crippen molar-refractivity contribution in [1.29, 1.82) is 0 Å². The van der Waals surface area contributed by atoms with Gasteiger partial charge >= 0.3 is 0 Å². The van der Waals surface area contributed by atoms with E-state index in [1.54, 1.807) is 0 Å². The maximum Gasteiger partial charge on any atom is 0.140 e. The molecule has 1 aliphatic heterocycles. The number of benzene rings is 1. The number of hydrogen-bond donors (Lipinski definition) is 0. The van der Waals surface area contributed by atoms with Crippen molar-refractivity contribution in [1.82, 2.24) is 0 Å². The molecule has 1 heterocycles. The zero-order valence-corrected chi connectivity index (χ0v) is 11.8. The molecule has 2 heteroatoms. The molecule has 0 radical (unpaired) electrons. The van der Waals surface area contributed by atoms with E-state index in [1.807, 2.05) is 0 Å². The maximum absolute atomic E-state index is 11.9. The Bertz CT molecular complexity index is 523. The number of nitrogens with zero attached hydrogens (tertiary/aromatic N) is 1. The van der Waals surface area contributed by atoms with E-state index in [9.17, 15) is 4.79 Å². The maximum atomic E-state index is 11.9. The predicted octanol–water partition coefficient (Wildman–Crippen LogP) is 3.50. The van der Waals surface area contributed by atoms with Gasteiger partial charge < -0.3 is 4.90 Å². The van der Waals surface area contributed by atoms with Gasteiger partial charge in [0.25, 0.3) is 0 Å². The zero-order valence-electron chi connectivity index (χ0n) is 11.8. The quantitative estimate of drug-likeness (QED) is 0.767. The van der Waals surface area contributed by atoms with Crippen molar-refractivity contribution in [3.8, 4) is 0 Å². The Hall–Kier alpha value is -1.57. The van der Waals surface area contributed by atoms with E-state index in [0.29, 0.717) is 18.1 Å². The van der Waals surface area contributed by atoms with Crippen molar-refractivity contribution in [2.45, 2.75) is 33.1 Å². The third-order valence-electron chi connectivity index (χ3n) is 4.23. The van der Waals surface area contributed by atoms with E-state index in [-0.39, 0.29) is 0 Å². The molecule has 0 saturated heterocycles. The van der Waals surface area contributed by atoms with Crippen LogP contribution in [-0.4, -0.2) is 18.9 Å². The Morgan fingerprint density at radius 2 is 1.84 bits per heavy atom. The topological polar surface area (TPSA) is 20.3 Å². The van der Waals surface area contributed by atoms with Gasteiger partial charge in [-0.15, -0.1) is 0 Å². The van der Waals surface area contributed by atoms with Crippen molar-refractivity contribution in [2.75, 3.05) is 18.0 Å². The van der Waals surface area contributed by atoms with Crippen LogP contribution in [0.2, 0.25) is 0 Å². The van der Waals surface area contributed by atoms with E-state index in [2.05, 4.69) is 43.0 Å². The first kappa shape index (κ1) is 12.5. The minimum atomic E-state index is 0.383. The normalized spacial score (nSPS) is 19.2. The van der Waals surface area contributed by atoms with Crippen LogP contribution in [0, 0.1) is 12.8 Å². The van der Waals surface area contributed by atoms with E-state index in [1.165, 1.54) is 22.4 Å². The van der Waals surface area contributed by atoms with Crippen LogP contribution >= 0.6 is 0 Å². The molecule has 2 nitrogen and oxygen atoms in total. The third-order valence-corrected chi connectivity index (χ3v) is 4.23. The lowest BCUT2D eigenvalue weighted by Crippen LogP contribution is -2.20. The molecule has 2 aliphatic rings. The summed E-state index contributed by atoms with van der Waals surface area (Å²) in [4.78, 5) is 14.3. The largest absolute Gasteiger partial charge is 0.364 e. The van der Waals surface area contributed by atoms with Gasteiger partial charge in [0.1, 0.15) is 5.78 Å². The first-order valence-corrected chi connectivity index (χ1v) is 7.15. The van der Waals surface area contributed by atoms with Gasteiger partial charge in [-0.2, -0.15) is 0 Å². The van der Waals surface area contributed by atoms with Crippen LogP contribution < -0.4 is 4.90 Å². The summed E-state index contributed by atoms with van der Waals surface area (Å²) >= 11 is 0. The average Bonchev–Trinajstić information content (AvgIpc) is 3.17. The number of hydrogen-bond acceptors (Lipinski definition) is 2. The molecule has 1 fully saturated rings. The smallest absolute Gasteiger partial charge is 0.140 e. The van der Waals surface area contributed by atoms with Crippen LogP contribution in [0.1, 0.15) is 31.7 Å². The van der Waals surface area contributed by atoms with Gasteiger partial charge in [-0.3, -0.25) is 4.79 Å². The first-order chi connectivity index (χ1) is 9.13. The first-order valence-electron chi connectivity index (χ1n) is 7.15. The van der Waals surface area contributed by atoms with E-state index < -0.39 is 0 Å². The van der Waals surface area contributed by atoms with Crippen LogP contribution in [0.25, 0.3) is 0 Å². The predicted molar refractivity (Wildman–Crippen MR) is 78.4 cm³/mol. The monoisotopic (exact) mass is 255 g/mol. The third kappa shape index (κ3) is 2.73. The molecule has 0 bridgehead atoms. The molecule has 1 saturated carbocycles. The highest BCUT2D eigenvalue weighted by Crippen LogP contribution is 2.34. The number of aryl methyl sites for hydroxylation is 1. The standard InChI is InChI=1S/C17H21NO/c1-12-3-7-16(8-4-12)18-10-13(2)15(11-18)9-17(19)14-5-6-14/h3-4,7-8,14H,5-6,9-11H2,1-2H3. The zero-order chi connectivity index (χ0) is 13.4. The molecule has 0 aromatic heterocycles. The van der Waals surface area contributed by atoms with Crippen molar-refractivity contribution >= 4 is 11.5 Å². The number of carbonyl (C=O) groups is 1. The molecular formula is C17H21NO. The van der Waals surface area contributed by atoms with Crippen LogP contribution in [-0.2, 0) is 4.79 Å². The van der Waals surface area contributed by atoms with Crippen molar-refractivity contribution in [2.24, 2.45) is 5.92 Å². The van der Waals surface area contributed by atoms with Crippen molar-refractivity contribution < 1.29 is 4.79 Å². The fourth-order valence-electron chi connectivity index (χ4n) is 2.72. The lowest BCUT2D eigenvalue weighted by molar-refractivity contribution is -0.119. The molecule has 0 amide bonds. The molecule has 0 spiro atoms. The van der Waals surface area contributed by atoms with Crippen LogP contribution in [0.4, 0.5) is 5.69 Å². The molecule has 19 heavy (non-hydrogen) atoms. The van der Waals surface area contributed by atoms with E-state index in [4.69, 9.17) is 0 Å². The van der Waals surface area contributed by atoms with Crippen molar-refractivity contribution in [3.05, 3.63) is 41.0 Å². The Labute approximate surface area is 115 Å². The van der Waals surface area contributed by atoms with E-state index >= 15 is 0 Å². The molecule has 100 valence electrons. The Morgan fingerprint density at radius 3 is 2.47 bits per heavy atom. The minimum Gasteiger partial charge on any atom is -0.364 e. The summed E-state index contributed by atoms with van der Waals surface area (Å²) in [6.07, 6.45) is 2.92. The van der Waals surface area contributed by atoms with Gasteiger partial charge in [-0.05, 0) is 44.4 Å². The van der Waals surface area contributed by atoms with Gasteiger partial charge in [-0.25, -0.2) is 0 Å². The second-order valence-electron chi connectivity index (χ2n) is 5.99. The van der Waals surface area contributed by atoms with Crippen LogP contribution in [0.5, 0.6) is 0 Å². The summed E-state index contributed by atoms with van der Waals surface area (Å²) in [6.45, 7) is 6.17. The highest BCUT2D eigenvalue weighted by molar-refractivity contribution is 5.85. The van der Waals surface area contributed by atoms with Gasteiger partial charge in [0, 0.05) is 31.1 Å². The van der Waals surface area contributed by atoms with Gasteiger partial charge in [0.15, 0.2) is 0 Å². The van der Waals surface area contributed by atoms with E-state index in [0.717, 1.165) is 25.9 Å². The highest BCUT2D eigenvalue weighted by Gasteiger charge is 2.31. The summed E-state index contributed by atoms with van der Waals surface area (Å²) < 4.78 is 0. The number of rotatable bonds is 4. The lowest BCUT2D eigenvalue weighted by Gasteiger charge is -2.19. The molecule has 1 aromatic carbocycles. The van der Waals surface area contributed by atoms with Gasteiger partial charge in [-0.1, -0.05) is 23.3 Å². The number of ketones is 1. The number of carbonyl (C=O) groups excluding carboxylic acids is 1. The molecule has 3 rings (SSSR count). The van der Waals surface area contributed by atoms with Crippen molar-refractivity contribution in [3.63, 3.8) is 0 Å². The number of Topliss-reactive ketones (excluding diaryl/α,β-unsaturated/α-hetero) is 1. The Balaban J connectivity index is 1.66. The van der Waals surface area contributed by atoms with Crippen LogP contribution in [0.3, 0.4) is 0 Å². The molecule has 0 atom stereocenters. The second-order valence-corrected chi connectivity index (χ2v) is 5.99. The fraction of sp³-hybridized carbons (Fsp3) is 0.471. The average molecular weight is 255 g/mol. The highest BCUT2D eigenvalue weighted by atomic mass is 16.1. The SMILES string of the molecule is CC1=C(CC(=O)C2CC2)CN(c2ccc(C)cc2)C1. The molecule has 1 aliphatic carbocycles. The summed E-state index contributed by atoms with van der Waals surface area (Å²) in [7, 11) is 0. The summed E-state index contributed by atoms with van der Waals surface area (Å²) in [5, 5.41) is 0. The Kier molecular flexibility index (Phi) is 3.17. The molecule has 0 unspecified atom stereocenters. The van der Waals surface area contributed by atoms with Gasteiger partial charge in [0.2, 0.25) is 0 Å². The number of anilines is 1.